The Morgan fingerprint density at radius 1 is 1.50 bits per heavy atom. The van der Waals surface area contributed by atoms with Gasteiger partial charge >= 0.3 is 0 Å². The van der Waals surface area contributed by atoms with Gasteiger partial charge in [-0.3, -0.25) is 0 Å². The molecule has 0 aromatic carbocycles. The summed E-state index contributed by atoms with van der Waals surface area (Å²) in [5.41, 5.74) is 6.79. The molecule has 0 saturated carbocycles. The van der Waals surface area contributed by atoms with Gasteiger partial charge in [0.2, 0.25) is 5.95 Å². The number of nitrogens with zero attached hydrogens (tertiary/aromatic N) is 3. The predicted molar refractivity (Wildman–Crippen MR) is 62.8 cm³/mol. The second kappa shape index (κ2) is 5.42. The zero-order valence-electron chi connectivity index (χ0n) is 9.86. The van der Waals surface area contributed by atoms with E-state index >= 15 is 0 Å². The van der Waals surface area contributed by atoms with Crippen molar-refractivity contribution in [3.63, 3.8) is 0 Å². The monoisotopic (exact) mass is 219 g/mol. The molecule has 1 unspecified atom stereocenters. The smallest absolute Gasteiger partial charge is 0.224 e. The quantitative estimate of drug-likeness (QED) is 0.790. The van der Waals surface area contributed by atoms with Crippen LogP contribution in [0.15, 0.2) is 6.07 Å². The lowest BCUT2D eigenvalue weighted by atomic mass is 10.1. The second-order valence-corrected chi connectivity index (χ2v) is 4.06. The number of hydrogen-bond donors (Lipinski definition) is 2. The summed E-state index contributed by atoms with van der Waals surface area (Å²) in [4.78, 5) is 8.31. The van der Waals surface area contributed by atoms with E-state index in [0.717, 1.165) is 5.69 Å². The van der Waals surface area contributed by atoms with Crippen LogP contribution in [-0.2, 0) is 0 Å². The summed E-state index contributed by atoms with van der Waals surface area (Å²) >= 11 is 0. The van der Waals surface area contributed by atoms with Gasteiger partial charge in [-0.2, -0.15) is 5.26 Å². The molecule has 0 bridgehead atoms. The van der Waals surface area contributed by atoms with Crippen LogP contribution in [-0.4, -0.2) is 22.6 Å². The van der Waals surface area contributed by atoms with Gasteiger partial charge < -0.3 is 11.1 Å². The standard InChI is InChI=1S/C11H17N5/c1-7(2)10(6-13)16-11-14-8(3)4-9(5-12)15-11/h4,7,10H,6,13H2,1-3H3,(H,14,15,16). The lowest BCUT2D eigenvalue weighted by molar-refractivity contribution is 0.528. The van der Waals surface area contributed by atoms with Crippen molar-refractivity contribution in [2.24, 2.45) is 11.7 Å². The van der Waals surface area contributed by atoms with Crippen LogP contribution >= 0.6 is 0 Å². The van der Waals surface area contributed by atoms with E-state index in [1.807, 2.05) is 13.0 Å². The Bertz CT molecular complexity index is 394. The zero-order chi connectivity index (χ0) is 12.1. The van der Waals surface area contributed by atoms with Crippen LogP contribution in [0.25, 0.3) is 0 Å². The molecule has 86 valence electrons. The molecule has 0 spiro atoms. The number of nitrogens with two attached hydrogens (primary N) is 1. The minimum absolute atomic E-state index is 0.119. The number of aryl methyl sites for hydroxylation is 1. The Kier molecular flexibility index (Phi) is 4.20. The number of nitriles is 1. The molecule has 16 heavy (non-hydrogen) atoms. The maximum atomic E-state index is 8.79. The van der Waals surface area contributed by atoms with Gasteiger partial charge in [0.1, 0.15) is 11.8 Å². The maximum Gasteiger partial charge on any atom is 0.224 e. The predicted octanol–water partition coefficient (Wildman–Crippen LogP) is 1.05. The number of aromatic nitrogens is 2. The summed E-state index contributed by atoms with van der Waals surface area (Å²) in [6, 6.07) is 3.78. The highest BCUT2D eigenvalue weighted by molar-refractivity contribution is 5.34. The fraction of sp³-hybridized carbons (Fsp3) is 0.545. The Hall–Kier alpha value is -1.67. The summed E-state index contributed by atoms with van der Waals surface area (Å²) < 4.78 is 0. The van der Waals surface area contributed by atoms with Crippen molar-refractivity contribution in [2.45, 2.75) is 26.8 Å². The first-order chi connectivity index (χ1) is 7.56. The van der Waals surface area contributed by atoms with E-state index in [-0.39, 0.29) is 6.04 Å². The number of nitrogens with one attached hydrogen (secondary N) is 1. The molecule has 0 aliphatic carbocycles. The molecule has 0 fully saturated rings. The van der Waals surface area contributed by atoms with Crippen LogP contribution in [0.2, 0.25) is 0 Å². The molecule has 0 saturated heterocycles. The van der Waals surface area contributed by atoms with Crippen LogP contribution < -0.4 is 11.1 Å². The van der Waals surface area contributed by atoms with E-state index in [0.29, 0.717) is 24.1 Å². The fourth-order valence-electron chi connectivity index (χ4n) is 1.35. The highest BCUT2D eigenvalue weighted by Crippen LogP contribution is 2.09. The third kappa shape index (κ3) is 3.17. The topological polar surface area (TPSA) is 87.6 Å². The Balaban J connectivity index is 2.88. The van der Waals surface area contributed by atoms with Gasteiger partial charge in [-0.05, 0) is 18.9 Å². The number of rotatable bonds is 4. The molecule has 5 heteroatoms. The van der Waals surface area contributed by atoms with Crippen LogP contribution in [0.3, 0.4) is 0 Å². The van der Waals surface area contributed by atoms with E-state index < -0.39 is 0 Å². The molecular formula is C11H17N5. The van der Waals surface area contributed by atoms with Gasteiger partial charge in [0, 0.05) is 18.3 Å². The molecular weight excluding hydrogens is 202 g/mol. The van der Waals surface area contributed by atoms with E-state index in [1.54, 1.807) is 6.07 Å². The van der Waals surface area contributed by atoms with E-state index in [9.17, 15) is 0 Å². The van der Waals surface area contributed by atoms with Crippen molar-refractivity contribution in [2.75, 3.05) is 11.9 Å². The molecule has 3 N–H and O–H groups in total. The summed E-state index contributed by atoms with van der Waals surface area (Å²) in [7, 11) is 0. The third-order valence-electron chi connectivity index (χ3n) is 2.34. The highest BCUT2D eigenvalue weighted by atomic mass is 15.1. The minimum Gasteiger partial charge on any atom is -0.350 e. The van der Waals surface area contributed by atoms with Crippen molar-refractivity contribution in [1.29, 1.82) is 5.26 Å². The second-order valence-electron chi connectivity index (χ2n) is 4.06. The first-order valence-corrected chi connectivity index (χ1v) is 5.29. The summed E-state index contributed by atoms with van der Waals surface area (Å²) in [6.07, 6.45) is 0. The highest BCUT2D eigenvalue weighted by Gasteiger charge is 2.12. The summed E-state index contributed by atoms with van der Waals surface area (Å²) in [5.74, 6) is 0.861. The molecule has 1 aromatic heterocycles. The lowest BCUT2D eigenvalue weighted by Crippen LogP contribution is -2.34. The van der Waals surface area contributed by atoms with E-state index in [2.05, 4.69) is 29.1 Å². The van der Waals surface area contributed by atoms with Crippen molar-refractivity contribution in [3.8, 4) is 6.07 Å². The van der Waals surface area contributed by atoms with Crippen LogP contribution in [0.1, 0.15) is 25.2 Å². The van der Waals surface area contributed by atoms with Gasteiger partial charge in [-0.15, -0.1) is 0 Å². The molecule has 0 aliphatic rings. The Morgan fingerprint density at radius 2 is 2.19 bits per heavy atom. The van der Waals surface area contributed by atoms with Crippen molar-refractivity contribution in [3.05, 3.63) is 17.5 Å². The third-order valence-corrected chi connectivity index (χ3v) is 2.34. The van der Waals surface area contributed by atoms with Crippen molar-refractivity contribution < 1.29 is 0 Å². The van der Waals surface area contributed by atoms with Gasteiger partial charge in [0.25, 0.3) is 0 Å². The van der Waals surface area contributed by atoms with Gasteiger partial charge in [0.15, 0.2) is 0 Å². The van der Waals surface area contributed by atoms with Gasteiger partial charge in [0.05, 0.1) is 0 Å². The normalized spacial score (nSPS) is 12.2. The minimum atomic E-state index is 0.119. The van der Waals surface area contributed by atoms with E-state index in [1.165, 1.54) is 0 Å². The first kappa shape index (κ1) is 12.4. The van der Waals surface area contributed by atoms with Gasteiger partial charge in [-0.1, -0.05) is 13.8 Å². The molecule has 1 atom stereocenters. The van der Waals surface area contributed by atoms with Gasteiger partial charge in [-0.25, -0.2) is 9.97 Å². The molecule has 1 heterocycles. The first-order valence-electron chi connectivity index (χ1n) is 5.29. The summed E-state index contributed by atoms with van der Waals surface area (Å²) in [6.45, 7) is 6.49. The van der Waals surface area contributed by atoms with Crippen molar-refractivity contribution in [1.82, 2.24) is 9.97 Å². The van der Waals surface area contributed by atoms with Crippen LogP contribution in [0.5, 0.6) is 0 Å². The zero-order valence-corrected chi connectivity index (χ0v) is 9.86. The van der Waals surface area contributed by atoms with Crippen LogP contribution in [0.4, 0.5) is 5.95 Å². The number of anilines is 1. The fourth-order valence-corrected chi connectivity index (χ4v) is 1.35. The average Bonchev–Trinajstić information content (AvgIpc) is 2.24. The molecule has 1 aromatic rings. The molecule has 0 amide bonds. The average molecular weight is 219 g/mol. The van der Waals surface area contributed by atoms with E-state index in [4.69, 9.17) is 11.0 Å². The maximum absolute atomic E-state index is 8.79. The van der Waals surface area contributed by atoms with Crippen molar-refractivity contribution >= 4 is 5.95 Å². The molecule has 5 nitrogen and oxygen atoms in total. The Morgan fingerprint density at radius 3 is 2.69 bits per heavy atom. The molecule has 1 rings (SSSR count). The summed E-state index contributed by atoms with van der Waals surface area (Å²) in [5, 5.41) is 11.9. The molecule has 0 aliphatic heterocycles. The number of hydrogen-bond acceptors (Lipinski definition) is 5. The molecule has 0 radical (unpaired) electrons. The SMILES string of the molecule is Cc1cc(C#N)nc(NC(CN)C(C)C)n1. The lowest BCUT2D eigenvalue weighted by Gasteiger charge is -2.20. The largest absolute Gasteiger partial charge is 0.350 e. The van der Waals surface area contributed by atoms with Crippen LogP contribution in [0, 0.1) is 24.2 Å². The Labute approximate surface area is 95.7 Å².